The van der Waals surface area contributed by atoms with Gasteiger partial charge in [-0.2, -0.15) is 0 Å². The lowest BCUT2D eigenvalue weighted by Gasteiger charge is -2.32. The molecule has 1 unspecified atom stereocenters. The van der Waals surface area contributed by atoms with Crippen LogP contribution < -0.4 is 5.59 Å². The van der Waals surface area contributed by atoms with E-state index in [1.165, 1.54) is 0 Å². The van der Waals surface area contributed by atoms with E-state index in [9.17, 15) is 4.79 Å². The summed E-state index contributed by atoms with van der Waals surface area (Å²) in [5, 5.41) is 0. The molecule has 2 saturated heterocycles. The molecule has 0 spiro atoms. The van der Waals surface area contributed by atoms with Gasteiger partial charge in [0.2, 0.25) is 0 Å². The number of aromatic nitrogens is 2. The van der Waals surface area contributed by atoms with Gasteiger partial charge >= 0.3 is 7.12 Å². The fourth-order valence-electron chi connectivity index (χ4n) is 2.50. The van der Waals surface area contributed by atoms with E-state index < -0.39 is 18.3 Å². The Morgan fingerprint density at radius 1 is 1.18 bits per heavy atom. The molecule has 1 aromatic rings. The minimum atomic E-state index is -0.559. The summed E-state index contributed by atoms with van der Waals surface area (Å²) >= 11 is 0. The average Bonchev–Trinajstić information content (AvgIpc) is 2.68. The van der Waals surface area contributed by atoms with E-state index in [-0.39, 0.29) is 11.9 Å². The lowest BCUT2D eigenvalue weighted by Crippen LogP contribution is -2.41. The monoisotopic (exact) mass is 304 g/mol. The third-order valence-electron chi connectivity index (χ3n) is 4.61. The average molecular weight is 304 g/mol. The van der Waals surface area contributed by atoms with Crippen LogP contribution in [0.2, 0.25) is 0 Å². The molecular weight excluding hydrogens is 283 g/mol. The topological polar surface area (TPSA) is 70.5 Å². The van der Waals surface area contributed by atoms with Crippen LogP contribution >= 0.6 is 0 Å². The van der Waals surface area contributed by atoms with Crippen molar-refractivity contribution in [2.45, 2.75) is 57.8 Å². The highest BCUT2D eigenvalue weighted by Crippen LogP contribution is 2.36. The Balaban J connectivity index is 1.82. The van der Waals surface area contributed by atoms with E-state index in [1.807, 2.05) is 27.7 Å². The highest BCUT2D eigenvalue weighted by molar-refractivity contribution is 6.61. The summed E-state index contributed by atoms with van der Waals surface area (Å²) in [5.41, 5.74) is 0.414. The number of carbonyl (C=O) groups is 1. The largest absolute Gasteiger partial charge is 0.516 e. The second-order valence-corrected chi connectivity index (χ2v) is 6.81. The summed E-state index contributed by atoms with van der Waals surface area (Å²) in [5.74, 6) is 0.194. The molecule has 1 atom stereocenters. The second-order valence-electron chi connectivity index (χ2n) is 6.81. The van der Waals surface area contributed by atoms with E-state index in [0.29, 0.717) is 30.7 Å². The first-order chi connectivity index (χ1) is 10.3. The molecule has 2 fully saturated rings. The third-order valence-corrected chi connectivity index (χ3v) is 4.61. The first-order valence-electron chi connectivity index (χ1n) is 7.59. The summed E-state index contributed by atoms with van der Waals surface area (Å²) < 4.78 is 17.6. The van der Waals surface area contributed by atoms with Gasteiger partial charge in [0.05, 0.1) is 35.3 Å². The Hall–Kier alpha value is -1.31. The van der Waals surface area contributed by atoms with Gasteiger partial charge in [-0.25, -0.2) is 0 Å². The molecule has 118 valence electrons. The van der Waals surface area contributed by atoms with Crippen molar-refractivity contribution in [3.8, 4) is 0 Å². The quantitative estimate of drug-likeness (QED) is 0.765. The predicted octanol–water partition coefficient (Wildman–Crippen LogP) is 1.20. The van der Waals surface area contributed by atoms with Crippen LogP contribution in [-0.4, -0.2) is 40.7 Å². The molecule has 0 aliphatic carbocycles. The minimum absolute atomic E-state index is 0.194. The molecule has 2 aliphatic rings. The van der Waals surface area contributed by atoms with Gasteiger partial charge in [0.1, 0.15) is 11.9 Å². The van der Waals surface area contributed by atoms with Crippen LogP contribution in [0.4, 0.5) is 0 Å². The van der Waals surface area contributed by atoms with E-state index >= 15 is 0 Å². The van der Waals surface area contributed by atoms with E-state index in [1.54, 1.807) is 12.4 Å². The van der Waals surface area contributed by atoms with Crippen molar-refractivity contribution in [1.29, 1.82) is 0 Å². The van der Waals surface area contributed by atoms with Gasteiger partial charge in [0, 0.05) is 19.0 Å². The molecule has 0 amide bonds. The molecule has 1 aromatic heterocycles. The van der Waals surface area contributed by atoms with Crippen LogP contribution in [0, 0.1) is 0 Å². The number of hydrogen-bond donors (Lipinski definition) is 0. The Labute approximate surface area is 130 Å². The molecule has 3 rings (SSSR count). The van der Waals surface area contributed by atoms with Gasteiger partial charge in [-0.3, -0.25) is 14.8 Å². The summed E-state index contributed by atoms with van der Waals surface area (Å²) in [6.07, 6.45) is 3.77. The van der Waals surface area contributed by atoms with Crippen molar-refractivity contribution < 1.29 is 18.8 Å². The van der Waals surface area contributed by atoms with Crippen molar-refractivity contribution >= 4 is 18.5 Å². The Kier molecular flexibility index (Phi) is 3.83. The smallest absolute Gasteiger partial charge is 0.398 e. The molecule has 0 aromatic carbocycles. The maximum atomic E-state index is 11.6. The van der Waals surface area contributed by atoms with Crippen LogP contribution in [0.5, 0.6) is 0 Å². The van der Waals surface area contributed by atoms with E-state index in [2.05, 4.69) is 9.97 Å². The predicted molar refractivity (Wildman–Crippen MR) is 80.7 cm³/mol. The van der Waals surface area contributed by atoms with Crippen molar-refractivity contribution in [3.05, 3.63) is 18.1 Å². The number of rotatable bonds is 2. The zero-order valence-corrected chi connectivity index (χ0v) is 13.5. The van der Waals surface area contributed by atoms with Gasteiger partial charge in [-0.1, -0.05) is 0 Å². The zero-order valence-electron chi connectivity index (χ0n) is 13.5. The van der Waals surface area contributed by atoms with Crippen molar-refractivity contribution in [1.82, 2.24) is 9.97 Å². The zero-order chi connectivity index (χ0) is 16.0. The van der Waals surface area contributed by atoms with E-state index in [0.717, 1.165) is 0 Å². The fraction of sp³-hybridized carbons (Fsp3) is 0.667. The number of ether oxygens (including phenoxy) is 1. The highest BCUT2D eigenvalue weighted by atomic mass is 16.7. The molecule has 22 heavy (non-hydrogen) atoms. The number of Topliss-reactive ketones (excluding diaryl/α,β-unsaturated/α-hetero) is 1. The molecular formula is C15H21BN2O4. The molecule has 0 bridgehead atoms. The summed E-state index contributed by atoms with van der Waals surface area (Å²) in [6.45, 7) is 8.41. The first kappa shape index (κ1) is 15.6. The summed E-state index contributed by atoms with van der Waals surface area (Å²) in [6, 6.07) is 0. The molecule has 0 N–H and O–H groups in total. The van der Waals surface area contributed by atoms with Gasteiger partial charge in [-0.15, -0.1) is 0 Å². The van der Waals surface area contributed by atoms with Crippen molar-refractivity contribution in [2.75, 3.05) is 6.61 Å². The lowest BCUT2D eigenvalue weighted by atomic mass is 9.85. The molecule has 3 heterocycles. The van der Waals surface area contributed by atoms with Crippen LogP contribution in [0.3, 0.4) is 0 Å². The first-order valence-corrected chi connectivity index (χ1v) is 7.59. The van der Waals surface area contributed by atoms with Gasteiger partial charge in [-0.05, 0) is 27.7 Å². The Bertz CT molecular complexity index is 575. The van der Waals surface area contributed by atoms with Gasteiger partial charge in [0.25, 0.3) is 0 Å². The molecule has 0 radical (unpaired) electrons. The number of hydrogen-bond acceptors (Lipinski definition) is 6. The third kappa shape index (κ3) is 2.80. The van der Waals surface area contributed by atoms with Crippen LogP contribution in [0.1, 0.15) is 52.3 Å². The second kappa shape index (κ2) is 5.40. The molecule has 0 saturated carbocycles. The summed E-state index contributed by atoms with van der Waals surface area (Å²) in [7, 11) is -0.559. The maximum Gasteiger partial charge on any atom is 0.516 e. The highest BCUT2D eigenvalue weighted by Gasteiger charge is 2.52. The number of ketones is 1. The van der Waals surface area contributed by atoms with Crippen LogP contribution in [-0.2, 0) is 18.8 Å². The van der Waals surface area contributed by atoms with Gasteiger partial charge in [0.15, 0.2) is 0 Å². The fourth-order valence-corrected chi connectivity index (χ4v) is 2.50. The molecule has 6 nitrogen and oxygen atoms in total. The lowest BCUT2D eigenvalue weighted by molar-refractivity contribution is -0.128. The summed E-state index contributed by atoms with van der Waals surface area (Å²) in [4.78, 5) is 20.3. The molecule has 7 heteroatoms. The van der Waals surface area contributed by atoms with Crippen molar-refractivity contribution in [3.63, 3.8) is 0 Å². The van der Waals surface area contributed by atoms with Gasteiger partial charge < -0.3 is 14.0 Å². The molecule has 2 aliphatic heterocycles. The Morgan fingerprint density at radius 2 is 1.86 bits per heavy atom. The maximum absolute atomic E-state index is 11.6. The Morgan fingerprint density at radius 3 is 2.50 bits per heavy atom. The van der Waals surface area contributed by atoms with Crippen molar-refractivity contribution in [2.24, 2.45) is 0 Å². The minimum Gasteiger partial charge on any atom is -0.398 e. The van der Waals surface area contributed by atoms with Crippen LogP contribution in [0.15, 0.2) is 12.4 Å². The van der Waals surface area contributed by atoms with Crippen LogP contribution in [0.25, 0.3) is 0 Å². The normalized spacial score (nSPS) is 27.2. The standard InChI is InChI=1S/C15H21BN2O4/c1-14(2)15(3,4)22-16(21-14)13-9-17-8-11(18-13)12-7-10(19)5-6-20-12/h8-9,12H,5-7H2,1-4H3. The SMILES string of the molecule is CC1(C)OB(c2cncc(C3CC(=O)CCO3)n2)OC1(C)C. The number of carbonyl (C=O) groups excluding carboxylic acids is 1. The number of nitrogens with zero attached hydrogens (tertiary/aromatic N) is 2. The van der Waals surface area contributed by atoms with E-state index in [4.69, 9.17) is 14.0 Å².